The molecule has 0 aliphatic carbocycles. The summed E-state index contributed by atoms with van der Waals surface area (Å²) in [5.41, 5.74) is 3.58. The Hall–Kier alpha value is -1.18. The van der Waals surface area contributed by atoms with Crippen molar-refractivity contribution in [3.8, 4) is 0 Å². The summed E-state index contributed by atoms with van der Waals surface area (Å²) in [7, 11) is 0. The van der Waals surface area contributed by atoms with Crippen LogP contribution >= 0.6 is 0 Å². The lowest BCUT2D eigenvalue weighted by atomic mass is 9.89. The maximum absolute atomic E-state index is 13.7. The molecule has 1 atom stereocenters. The van der Waals surface area contributed by atoms with Gasteiger partial charge in [0, 0.05) is 25.7 Å². The van der Waals surface area contributed by atoms with Crippen molar-refractivity contribution in [2.75, 3.05) is 19.6 Å². The smallest absolute Gasteiger partial charge is 0.380 e. The summed E-state index contributed by atoms with van der Waals surface area (Å²) in [5, 5.41) is 9.67. The summed E-state index contributed by atoms with van der Waals surface area (Å²) in [6.45, 7) is 0.400. The van der Waals surface area contributed by atoms with Gasteiger partial charge in [-0.2, -0.15) is 13.2 Å². The van der Waals surface area contributed by atoms with E-state index in [4.69, 9.17) is 5.73 Å². The van der Waals surface area contributed by atoms with Crippen LogP contribution in [0.3, 0.4) is 0 Å². The quantitative estimate of drug-likeness (QED) is 0.835. The summed E-state index contributed by atoms with van der Waals surface area (Å²) >= 11 is 0. The van der Waals surface area contributed by atoms with Gasteiger partial charge in [-0.25, -0.2) is 4.39 Å². The number of alkyl halides is 3. The Morgan fingerprint density at radius 1 is 1.23 bits per heavy atom. The Morgan fingerprint density at radius 2 is 1.82 bits per heavy atom. The summed E-state index contributed by atoms with van der Waals surface area (Å²) in [6, 6.07) is 6.05. The van der Waals surface area contributed by atoms with Gasteiger partial charge in [-0.1, -0.05) is 18.2 Å². The number of benzene rings is 1. The molecule has 1 saturated heterocycles. The number of nitrogens with two attached hydrogens (primary N) is 1. The molecule has 124 valence electrons. The van der Waals surface area contributed by atoms with Gasteiger partial charge in [0.25, 0.3) is 0 Å². The first-order valence-electron chi connectivity index (χ1n) is 7.23. The zero-order valence-electron chi connectivity index (χ0n) is 12.1. The van der Waals surface area contributed by atoms with E-state index in [1.54, 1.807) is 23.1 Å². The van der Waals surface area contributed by atoms with Gasteiger partial charge in [0.2, 0.25) is 0 Å². The van der Waals surface area contributed by atoms with E-state index in [-0.39, 0.29) is 44.3 Å². The molecule has 1 fully saturated rings. The topological polar surface area (TPSA) is 49.5 Å². The maximum Gasteiger partial charge on any atom is 0.417 e. The molecule has 1 aromatic rings. The van der Waals surface area contributed by atoms with Gasteiger partial charge >= 0.3 is 6.18 Å². The molecule has 3 N–H and O–H groups in total. The Balaban J connectivity index is 2.01. The number of hydrogen-bond donors (Lipinski definition) is 2. The minimum atomic E-state index is -4.62. The molecule has 0 radical (unpaired) electrons. The summed E-state index contributed by atoms with van der Waals surface area (Å²) in [6.07, 6.45) is -5.05. The van der Waals surface area contributed by atoms with Crippen LogP contribution < -0.4 is 5.73 Å². The van der Waals surface area contributed by atoms with Gasteiger partial charge < -0.3 is 10.8 Å². The molecule has 1 aromatic carbocycles. The van der Waals surface area contributed by atoms with E-state index in [9.17, 15) is 22.7 Å². The van der Waals surface area contributed by atoms with Crippen LogP contribution in [0.2, 0.25) is 0 Å². The lowest BCUT2D eigenvalue weighted by molar-refractivity contribution is -0.273. The Morgan fingerprint density at radius 3 is 2.32 bits per heavy atom. The molecule has 0 aromatic heterocycles. The van der Waals surface area contributed by atoms with Crippen LogP contribution in [-0.2, 0) is 6.42 Å². The highest BCUT2D eigenvalue weighted by atomic mass is 19.4. The Bertz CT molecular complexity index is 499. The highest BCUT2D eigenvalue weighted by Crippen LogP contribution is 2.38. The standard InChI is InChI=1S/C15H20F4N2O/c16-13-4-2-1-3-11(13)9-12(10-20)21-7-5-14(22,6-8-21)15(17,18)19/h1-4,12,22H,5-10,20H2. The molecule has 0 amide bonds. The van der Waals surface area contributed by atoms with Crippen molar-refractivity contribution in [3.63, 3.8) is 0 Å². The molecule has 0 saturated carbocycles. The lowest BCUT2D eigenvalue weighted by Crippen LogP contribution is -2.56. The number of nitrogens with zero attached hydrogens (tertiary/aromatic N) is 1. The monoisotopic (exact) mass is 320 g/mol. The number of halogens is 4. The molecular weight excluding hydrogens is 300 g/mol. The highest BCUT2D eigenvalue weighted by molar-refractivity contribution is 5.18. The van der Waals surface area contributed by atoms with Crippen molar-refractivity contribution >= 4 is 0 Å². The van der Waals surface area contributed by atoms with E-state index in [0.717, 1.165) is 0 Å². The van der Waals surface area contributed by atoms with Gasteiger partial charge in [-0.15, -0.1) is 0 Å². The Labute approximate surface area is 126 Å². The van der Waals surface area contributed by atoms with Crippen LogP contribution in [0.1, 0.15) is 18.4 Å². The van der Waals surface area contributed by atoms with E-state index < -0.39 is 11.8 Å². The predicted molar refractivity (Wildman–Crippen MR) is 74.8 cm³/mol. The van der Waals surface area contributed by atoms with Crippen LogP contribution in [0.4, 0.5) is 17.6 Å². The van der Waals surface area contributed by atoms with Crippen LogP contribution in [-0.4, -0.2) is 47.5 Å². The van der Waals surface area contributed by atoms with E-state index in [1.807, 2.05) is 0 Å². The zero-order valence-corrected chi connectivity index (χ0v) is 12.1. The first kappa shape index (κ1) is 17.2. The molecule has 22 heavy (non-hydrogen) atoms. The molecule has 0 spiro atoms. The van der Waals surface area contributed by atoms with Gasteiger partial charge in [0.1, 0.15) is 5.82 Å². The second kappa shape index (κ2) is 6.52. The summed E-state index contributed by atoms with van der Waals surface area (Å²) in [4.78, 5) is 1.80. The second-order valence-electron chi connectivity index (χ2n) is 5.75. The van der Waals surface area contributed by atoms with E-state index in [2.05, 4.69) is 0 Å². The third kappa shape index (κ3) is 3.59. The van der Waals surface area contributed by atoms with Crippen molar-refractivity contribution < 1.29 is 22.7 Å². The fraction of sp³-hybridized carbons (Fsp3) is 0.600. The van der Waals surface area contributed by atoms with Crippen molar-refractivity contribution in [2.24, 2.45) is 5.73 Å². The molecule has 0 bridgehead atoms. The maximum atomic E-state index is 13.7. The molecule has 2 rings (SSSR count). The lowest BCUT2D eigenvalue weighted by Gasteiger charge is -2.42. The fourth-order valence-corrected chi connectivity index (χ4v) is 2.82. The minimum absolute atomic E-state index is 0.0896. The number of rotatable bonds is 4. The minimum Gasteiger partial charge on any atom is -0.380 e. The van der Waals surface area contributed by atoms with Crippen molar-refractivity contribution in [3.05, 3.63) is 35.6 Å². The predicted octanol–water partition coefficient (Wildman–Crippen LogP) is 2.08. The first-order valence-corrected chi connectivity index (χ1v) is 7.23. The van der Waals surface area contributed by atoms with Crippen LogP contribution in [0.15, 0.2) is 24.3 Å². The van der Waals surface area contributed by atoms with Crippen molar-refractivity contribution in [2.45, 2.75) is 37.1 Å². The third-order valence-electron chi connectivity index (χ3n) is 4.35. The summed E-state index contributed by atoms with van der Waals surface area (Å²) in [5.74, 6) is -0.343. The van der Waals surface area contributed by atoms with E-state index in [1.165, 1.54) is 6.07 Å². The number of hydrogen-bond acceptors (Lipinski definition) is 3. The average molecular weight is 320 g/mol. The highest BCUT2D eigenvalue weighted by Gasteiger charge is 2.54. The van der Waals surface area contributed by atoms with Crippen molar-refractivity contribution in [1.82, 2.24) is 4.90 Å². The van der Waals surface area contributed by atoms with Crippen LogP contribution in [0, 0.1) is 5.82 Å². The van der Waals surface area contributed by atoms with Crippen LogP contribution in [0.5, 0.6) is 0 Å². The fourth-order valence-electron chi connectivity index (χ4n) is 2.82. The number of piperidine rings is 1. The molecule has 1 unspecified atom stereocenters. The molecule has 3 nitrogen and oxygen atoms in total. The second-order valence-corrected chi connectivity index (χ2v) is 5.75. The van der Waals surface area contributed by atoms with Crippen LogP contribution in [0.25, 0.3) is 0 Å². The Kier molecular flexibility index (Phi) is 5.09. The van der Waals surface area contributed by atoms with Gasteiger partial charge in [0.05, 0.1) is 0 Å². The molecular formula is C15H20F4N2O. The molecule has 1 heterocycles. The largest absolute Gasteiger partial charge is 0.417 e. The molecule has 1 aliphatic rings. The molecule has 1 aliphatic heterocycles. The van der Waals surface area contributed by atoms with Gasteiger partial charge in [-0.3, -0.25) is 4.90 Å². The molecule has 7 heteroatoms. The zero-order chi connectivity index (χ0) is 16.4. The van der Waals surface area contributed by atoms with Gasteiger partial charge in [-0.05, 0) is 30.9 Å². The first-order chi connectivity index (χ1) is 10.3. The van der Waals surface area contributed by atoms with Crippen molar-refractivity contribution in [1.29, 1.82) is 0 Å². The average Bonchev–Trinajstić information content (AvgIpc) is 2.46. The SMILES string of the molecule is NCC(Cc1ccccc1F)N1CCC(O)(C(F)(F)F)CC1. The van der Waals surface area contributed by atoms with Gasteiger partial charge in [0.15, 0.2) is 5.60 Å². The third-order valence-corrected chi connectivity index (χ3v) is 4.35. The number of likely N-dealkylation sites (tertiary alicyclic amines) is 1. The summed E-state index contributed by atoms with van der Waals surface area (Å²) < 4.78 is 52.1. The van der Waals surface area contributed by atoms with E-state index >= 15 is 0 Å². The number of aliphatic hydroxyl groups is 1. The van der Waals surface area contributed by atoms with E-state index in [0.29, 0.717) is 12.0 Å². The normalized spacial score (nSPS) is 20.8.